The molecule has 24 heavy (non-hydrogen) atoms. The predicted octanol–water partition coefficient (Wildman–Crippen LogP) is 1.00. The van der Waals surface area contributed by atoms with Gasteiger partial charge >= 0.3 is 0 Å². The molecule has 0 aliphatic carbocycles. The molecule has 0 saturated heterocycles. The van der Waals surface area contributed by atoms with Crippen molar-refractivity contribution in [2.45, 2.75) is 6.54 Å². The summed E-state index contributed by atoms with van der Waals surface area (Å²) in [4.78, 5) is 8.78. The van der Waals surface area contributed by atoms with Crippen molar-refractivity contribution in [3.8, 4) is 0 Å². The molecule has 4 aromatic rings. The molecule has 1 aromatic carbocycles. The Morgan fingerprint density at radius 1 is 1.12 bits per heavy atom. The molecule has 0 amide bonds. The smallest absolute Gasteiger partial charge is 0.179 e. The molecule has 0 saturated carbocycles. The van der Waals surface area contributed by atoms with Crippen molar-refractivity contribution in [1.82, 2.24) is 25.0 Å². The van der Waals surface area contributed by atoms with Gasteiger partial charge < -0.3 is 11.6 Å². The Balaban J connectivity index is 1.75. The van der Waals surface area contributed by atoms with Crippen molar-refractivity contribution < 1.29 is 0 Å². The van der Waals surface area contributed by atoms with Gasteiger partial charge in [-0.1, -0.05) is 17.3 Å². The van der Waals surface area contributed by atoms with Crippen LogP contribution in [0.2, 0.25) is 0 Å². The van der Waals surface area contributed by atoms with Gasteiger partial charge in [0.15, 0.2) is 11.5 Å². The van der Waals surface area contributed by atoms with Gasteiger partial charge in [-0.15, -0.1) is 5.10 Å². The first kappa shape index (κ1) is 14.1. The predicted molar refractivity (Wildman–Crippen MR) is 91.1 cm³/mol. The number of pyridine rings is 2. The summed E-state index contributed by atoms with van der Waals surface area (Å²) in [7, 11) is 0. The Hall–Kier alpha value is -3.55. The Labute approximate surface area is 136 Å². The highest BCUT2D eigenvalue weighted by Crippen LogP contribution is 2.16. The van der Waals surface area contributed by atoms with E-state index in [1.807, 2.05) is 24.3 Å². The minimum atomic E-state index is 0.168. The van der Waals surface area contributed by atoms with Gasteiger partial charge in [0.2, 0.25) is 0 Å². The Morgan fingerprint density at radius 3 is 2.88 bits per heavy atom. The van der Waals surface area contributed by atoms with Crippen molar-refractivity contribution in [2.75, 3.05) is 0 Å². The highest BCUT2D eigenvalue weighted by Gasteiger charge is 2.10. The summed E-state index contributed by atoms with van der Waals surface area (Å²) in [6.45, 7) is 0.539. The molecule has 0 fully saturated rings. The average Bonchev–Trinajstić information content (AvgIpc) is 3.03. The molecular weight excluding hydrogens is 304 g/mol. The van der Waals surface area contributed by atoms with Crippen LogP contribution in [0.25, 0.3) is 22.1 Å². The maximum absolute atomic E-state index is 5.72. The van der Waals surface area contributed by atoms with Gasteiger partial charge in [0.1, 0.15) is 11.2 Å². The lowest BCUT2D eigenvalue weighted by atomic mass is 10.1. The van der Waals surface area contributed by atoms with Crippen LogP contribution in [0.1, 0.15) is 11.3 Å². The number of amidine groups is 1. The van der Waals surface area contributed by atoms with Crippen LogP contribution in [0, 0.1) is 0 Å². The van der Waals surface area contributed by atoms with Gasteiger partial charge in [-0.2, -0.15) is 5.10 Å². The first-order valence-corrected chi connectivity index (χ1v) is 7.32. The fourth-order valence-corrected chi connectivity index (χ4v) is 2.57. The first-order valence-electron chi connectivity index (χ1n) is 7.32. The van der Waals surface area contributed by atoms with Crippen LogP contribution in [0.5, 0.6) is 0 Å². The summed E-state index contributed by atoms with van der Waals surface area (Å²) in [6.07, 6.45) is 1.78. The Morgan fingerprint density at radius 2 is 2.00 bits per heavy atom. The largest absolute Gasteiger partial charge is 0.380 e. The third kappa shape index (κ3) is 2.39. The molecule has 3 aromatic heterocycles. The quantitative estimate of drug-likeness (QED) is 0.251. The SMILES string of the molecule is NN=C(N)c1ccc2nnn(Cc3ccc4ncccc4c3)c2n1. The molecule has 0 radical (unpaired) electrons. The van der Waals surface area contributed by atoms with E-state index in [2.05, 4.69) is 31.4 Å². The second-order valence-electron chi connectivity index (χ2n) is 5.33. The topological polar surface area (TPSA) is 121 Å². The molecule has 4 rings (SSSR count). The van der Waals surface area contributed by atoms with E-state index in [0.717, 1.165) is 16.5 Å². The Kier molecular flexibility index (Phi) is 3.27. The zero-order chi connectivity index (χ0) is 16.5. The molecule has 0 aliphatic heterocycles. The summed E-state index contributed by atoms with van der Waals surface area (Å²) < 4.78 is 1.72. The fraction of sp³-hybridized carbons (Fsp3) is 0.0625. The van der Waals surface area contributed by atoms with Crippen LogP contribution < -0.4 is 11.6 Å². The molecule has 0 spiro atoms. The first-order chi connectivity index (χ1) is 11.7. The van der Waals surface area contributed by atoms with Gasteiger partial charge in [-0.05, 0) is 35.9 Å². The second-order valence-corrected chi connectivity index (χ2v) is 5.33. The third-order valence-electron chi connectivity index (χ3n) is 3.76. The van der Waals surface area contributed by atoms with Crippen molar-refractivity contribution in [2.24, 2.45) is 16.7 Å². The summed E-state index contributed by atoms with van der Waals surface area (Å²) >= 11 is 0. The lowest BCUT2D eigenvalue weighted by molar-refractivity contribution is 0.664. The lowest BCUT2D eigenvalue weighted by Crippen LogP contribution is -2.17. The van der Waals surface area contributed by atoms with E-state index < -0.39 is 0 Å². The molecular formula is C16H14N8. The van der Waals surface area contributed by atoms with Gasteiger partial charge in [-0.25, -0.2) is 9.67 Å². The minimum Gasteiger partial charge on any atom is -0.380 e. The number of aromatic nitrogens is 5. The summed E-state index contributed by atoms with van der Waals surface area (Å²) in [5.74, 6) is 5.38. The minimum absolute atomic E-state index is 0.168. The van der Waals surface area contributed by atoms with Crippen molar-refractivity contribution in [1.29, 1.82) is 0 Å². The van der Waals surface area contributed by atoms with Gasteiger partial charge in [0, 0.05) is 11.6 Å². The molecule has 8 heteroatoms. The second kappa shape index (κ2) is 5.58. The van der Waals surface area contributed by atoms with Gasteiger partial charge in [0.25, 0.3) is 0 Å². The summed E-state index contributed by atoms with van der Waals surface area (Å²) in [5.41, 5.74) is 9.57. The standard InChI is InChI=1S/C16H14N8/c17-15(21-18)13-5-6-14-16(20-13)24(23-22-14)9-10-3-4-12-11(8-10)2-1-7-19-12/h1-8H,9,18H2,(H2,17,21). The number of nitrogens with zero attached hydrogens (tertiary/aromatic N) is 6. The molecule has 4 N–H and O–H groups in total. The number of hydrazone groups is 1. The van der Waals surface area contributed by atoms with Crippen LogP contribution in [-0.4, -0.2) is 30.8 Å². The van der Waals surface area contributed by atoms with Crippen LogP contribution in [0.15, 0.2) is 53.8 Å². The number of hydrogen-bond donors (Lipinski definition) is 2. The maximum atomic E-state index is 5.72. The van der Waals surface area contributed by atoms with Gasteiger partial charge in [0.05, 0.1) is 12.1 Å². The van der Waals surface area contributed by atoms with Crippen LogP contribution in [0.4, 0.5) is 0 Å². The molecule has 0 unspecified atom stereocenters. The highest BCUT2D eigenvalue weighted by molar-refractivity contribution is 5.96. The molecule has 118 valence electrons. The van der Waals surface area contributed by atoms with E-state index in [1.54, 1.807) is 23.0 Å². The summed E-state index contributed by atoms with van der Waals surface area (Å²) in [6, 6.07) is 13.5. The van der Waals surface area contributed by atoms with E-state index in [-0.39, 0.29) is 5.84 Å². The Bertz CT molecular complexity index is 1070. The van der Waals surface area contributed by atoms with E-state index in [4.69, 9.17) is 11.6 Å². The zero-order valence-electron chi connectivity index (χ0n) is 12.7. The van der Waals surface area contributed by atoms with Crippen molar-refractivity contribution >= 4 is 27.9 Å². The number of benzene rings is 1. The molecule has 8 nitrogen and oxygen atoms in total. The van der Waals surface area contributed by atoms with E-state index in [1.165, 1.54) is 0 Å². The number of rotatable bonds is 3. The summed E-state index contributed by atoms with van der Waals surface area (Å²) in [5, 5.41) is 12.9. The van der Waals surface area contributed by atoms with E-state index in [0.29, 0.717) is 23.4 Å². The fourth-order valence-electron chi connectivity index (χ4n) is 2.57. The average molecular weight is 318 g/mol. The molecule has 3 heterocycles. The number of nitrogens with two attached hydrogens (primary N) is 2. The normalized spacial score (nSPS) is 12.1. The van der Waals surface area contributed by atoms with Crippen LogP contribution in [-0.2, 0) is 6.54 Å². The van der Waals surface area contributed by atoms with E-state index >= 15 is 0 Å². The maximum Gasteiger partial charge on any atom is 0.179 e. The molecule has 0 atom stereocenters. The molecule has 0 bridgehead atoms. The lowest BCUT2D eigenvalue weighted by Gasteiger charge is -2.05. The number of fused-ring (bicyclic) bond motifs is 2. The zero-order valence-corrected chi connectivity index (χ0v) is 12.7. The number of hydrogen-bond acceptors (Lipinski definition) is 6. The van der Waals surface area contributed by atoms with Crippen LogP contribution >= 0.6 is 0 Å². The monoisotopic (exact) mass is 318 g/mol. The van der Waals surface area contributed by atoms with Crippen molar-refractivity contribution in [3.05, 3.63) is 59.9 Å². The third-order valence-corrected chi connectivity index (χ3v) is 3.76. The van der Waals surface area contributed by atoms with E-state index in [9.17, 15) is 0 Å². The van der Waals surface area contributed by atoms with Crippen molar-refractivity contribution in [3.63, 3.8) is 0 Å². The van der Waals surface area contributed by atoms with Gasteiger partial charge in [-0.3, -0.25) is 4.98 Å². The molecule has 0 aliphatic rings. The van der Waals surface area contributed by atoms with Crippen LogP contribution in [0.3, 0.4) is 0 Å². The highest BCUT2D eigenvalue weighted by atomic mass is 15.4.